The second kappa shape index (κ2) is 3.93. The van der Waals surface area contributed by atoms with Gasteiger partial charge in [-0.05, 0) is 42.1 Å². The van der Waals surface area contributed by atoms with Crippen molar-refractivity contribution in [2.75, 3.05) is 0 Å². The van der Waals surface area contributed by atoms with Gasteiger partial charge in [-0.25, -0.2) is 4.98 Å². The van der Waals surface area contributed by atoms with Crippen LogP contribution in [-0.4, -0.2) is 9.38 Å². The van der Waals surface area contributed by atoms with Crippen molar-refractivity contribution in [2.45, 2.75) is 6.92 Å². The first kappa shape index (κ1) is 10.8. The molecule has 1 aromatic carbocycles. The number of fused-ring (bicyclic) bond motifs is 2. The fourth-order valence-corrected chi connectivity index (χ4v) is 3.33. The van der Waals surface area contributed by atoms with Crippen LogP contribution in [0.25, 0.3) is 26.3 Å². The minimum Gasteiger partial charge on any atom is -0.306 e. The third kappa shape index (κ3) is 1.74. The van der Waals surface area contributed by atoms with Crippen LogP contribution in [0.3, 0.4) is 0 Å². The molecule has 0 bridgehead atoms. The third-order valence-electron chi connectivity index (χ3n) is 3.29. The second-order valence-electron chi connectivity index (χ2n) is 4.74. The van der Waals surface area contributed by atoms with Gasteiger partial charge in [0.2, 0.25) is 0 Å². The van der Waals surface area contributed by atoms with E-state index in [9.17, 15) is 0 Å². The maximum atomic E-state index is 4.71. The zero-order chi connectivity index (χ0) is 12.8. The highest BCUT2D eigenvalue weighted by atomic mass is 32.1. The van der Waals surface area contributed by atoms with Gasteiger partial charge in [0.15, 0.2) is 0 Å². The number of imidazole rings is 1. The summed E-state index contributed by atoms with van der Waals surface area (Å²) < 4.78 is 3.39. The van der Waals surface area contributed by atoms with Crippen LogP contribution in [0.5, 0.6) is 0 Å². The number of thiophene rings is 1. The fraction of sp³-hybridized carbons (Fsp3) is 0.0625. The summed E-state index contributed by atoms with van der Waals surface area (Å²) in [6.45, 7) is 2.09. The molecule has 4 aromatic rings. The van der Waals surface area contributed by atoms with Gasteiger partial charge in [0.05, 0.1) is 10.6 Å². The van der Waals surface area contributed by atoms with E-state index < -0.39 is 0 Å². The van der Waals surface area contributed by atoms with Crippen LogP contribution in [-0.2, 0) is 0 Å². The lowest BCUT2D eigenvalue weighted by Crippen LogP contribution is -1.81. The van der Waals surface area contributed by atoms with Crippen molar-refractivity contribution in [2.24, 2.45) is 0 Å². The van der Waals surface area contributed by atoms with Crippen molar-refractivity contribution in [1.82, 2.24) is 9.38 Å². The Morgan fingerprint density at radius 3 is 2.89 bits per heavy atom. The second-order valence-corrected chi connectivity index (χ2v) is 5.83. The van der Waals surface area contributed by atoms with Gasteiger partial charge in [-0.2, -0.15) is 0 Å². The van der Waals surface area contributed by atoms with Gasteiger partial charge in [-0.1, -0.05) is 18.2 Å². The topological polar surface area (TPSA) is 17.3 Å². The molecule has 0 N–H and O–H groups in total. The lowest BCUT2D eigenvalue weighted by Gasteiger charge is -1.92. The predicted octanol–water partition coefficient (Wildman–Crippen LogP) is 4.52. The summed E-state index contributed by atoms with van der Waals surface area (Å²) in [6.07, 6.45) is 4.16. The summed E-state index contributed by atoms with van der Waals surface area (Å²) in [6, 6.07) is 14.9. The quantitative estimate of drug-likeness (QED) is 0.494. The summed E-state index contributed by atoms with van der Waals surface area (Å²) in [5.41, 5.74) is 3.29. The van der Waals surface area contributed by atoms with Crippen LogP contribution < -0.4 is 0 Å². The molecule has 0 saturated heterocycles. The van der Waals surface area contributed by atoms with Gasteiger partial charge >= 0.3 is 0 Å². The molecule has 0 atom stereocenters. The highest BCUT2D eigenvalue weighted by Crippen LogP contribution is 2.32. The van der Waals surface area contributed by atoms with E-state index in [4.69, 9.17) is 4.98 Å². The Labute approximate surface area is 115 Å². The maximum Gasteiger partial charge on any atom is 0.137 e. The molecule has 0 aliphatic rings. The van der Waals surface area contributed by atoms with Gasteiger partial charge in [-0.3, -0.25) is 0 Å². The normalized spacial score (nSPS) is 11.4. The standard InChI is InChI=1S/C16H12N2S/c1-11-6-7-18-10-13(17-16(18)8-11)15-9-12-4-2-3-5-14(12)19-15/h2-10H,1H3. The molecular weight excluding hydrogens is 252 g/mol. The number of benzene rings is 1. The summed E-state index contributed by atoms with van der Waals surface area (Å²) in [5.74, 6) is 0. The molecule has 92 valence electrons. The number of aromatic nitrogens is 2. The van der Waals surface area contributed by atoms with Crippen molar-refractivity contribution >= 4 is 27.1 Å². The van der Waals surface area contributed by atoms with Gasteiger partial charge in [0.25, 0.3) is 0 Å². The van der Waals surface area contributed by atoms with Crippen LogP contribution >= 0.6 is 11.3 Å². The summed E-state index contributed by atoms with van der Waals surface area (Å²) in [7, 11) is 0. The van der Waals surface area contributed by atoms with E-state index >= 15 is 0 Å². The number of hydrogen-bond acceptors (Lipinski definition) is 2. The molecule has 0 amide bonds. The summed E-state index contributed by atoms with van der Waals surface area (Å²) >= 11 is 1.79. The summed E-state index contributed by atoms with van der Waals surface area (Å²) in [4.78, 5) is 5.94. The predicted molar refractivity (Wildman–Crippen MR) is 80.7 cm³/mol. The van der Waals surface area contributed by atoms with Gasteiger partial charge < -0.3 is 4.40 Å². The van der Waals surface area contributed by atoms with E-state index in [0.717, 1.165) is 11.3 Å². The Kier molecular flexibility index (Phi) is 2.23. The molecule has 0 aliphatic heterocycles. The number of hydrogen-bond donors (Lipinski definition) is 0. The number of pyridine rings is 1. The highest BCUT2D eigenvalue weighted by molar-refractivity contribution is 7.22. The number of nitrogens with zero attached hydrogens (tertiary/aromatic N) is 2. The fourth-order valence-electron chi connectivity index (χ4n) is 2.31. The zero-order valence-electron chi connectivity index (χ0n) is 10.5. The van der Waals surface area contributed by atoms with Gasteiger partial charge in [-0.15, -0.1) is 11.3 Å². The third-order valence-corrected chi connectivity index (χ3v) is 4.43. The molecule has 2 nitrogen and oxygen atoms in total. The van der Waals surface area contributed by atoms with E-state index in [2.05, 4.69) is 66.2 Å². The average molecular weight is 264 g/mol. The monoisotopic (exact) mass is 264 g/mol. The van der Waals surface area contributed by atoms with Crippen molar-refractivity contribution in [3.05, 3.63) is 60.4 Å². The molecule has 0 aliphatic carbocycles. The van der Waals surface area contributed by atoms with Crippen molar-refractivity contribution < 1.29 is 0 Å². The largest absolute Gasteiger partial charge is 0.306 e. The van der Waals surface area contributed by atoms with Crippen LogP contribution in [0.4, 0.5) is 0 Å². The van der Waals surface area contributed by atoms with E-state index in [1.54, 1.807) is 11.3 Å². The lowest BCUT2D eigenvalue weighted by atomic mass is 10.2. The smallest absolute Gasteiger partial charge is 0.137 e. The summed E-state index contributed by atoms with van der Waals surface area (Å²) in [5, 5.41) is 1.29. The molecule has 3 heterocycles. The molecule has 0 unspecified atom stereocenters. The Balaban J connectivity index is 1.93. The van der Waals surface area contributed by atoms with Crippen LogP contribution in [0.15, 0.2) is 54.9 Å². The molecular formula is C16H12N2S. The minimum atomic E-state index is 1.01. The van der Waals surface area contributed by atoms with E-state index in [1.165, 1.54) is 20.5 Å². The minimum absolute atomic E-state index is 1.01. The number of aryl methyl sites for hydroxylation is 1. The van der Waals surface area contributed by atoms with E-state index in [0.29, 0.717) is 0 Å². The Morgan fingerprint density at radius 2 is 2.00 bits per heavy atom. The molecule has 0 fully saturated rings. The first-order valence-corrected chi connectivity index (χ1v) is 7.05. The first-order valence-electron chi connectivity index (χ1n) is 6.24. The van der Waals surface area contributed by atoms with Crippen molar-refractivity contribution in [1.29, 1.82) is 0 Å². The van der Waals surface area contributed by atoms with E-state index in [-0.39, 0.29) is 0 Å². The molecule has 0 spiro atoms. The Morgan fingerprint density at radius 1 is 1.11 bits per heavy atom. The van der Waals surface area contributed by atoms with Gasteiger partial charge in [0, 0.05) is 17.1 Å². The maximum absolute atomic E-state index is 4.71. The van der Waals surface area contributed by atoms with Crippen LogP contribution in [0.1, 0.15) is 5.56 Å². The zero-order valence-corrected chi connectivity index (χ0v) is 11.3. The SMILES string of the molecule is Cc1ccn2cc(-c3cc4ccccc4s3)nc2c1. The average Bonchev–Trinajstić information content (AvgIpc) is 3.00. The Hall–Kier alpha value is -2.13. The highest BCUT2D eigenvalue weighted by Gasteiger charge is 2.08. The molecule has 19 heavy (non-hydrogen) atoms. The van der Waals surface area contributed by atoms with Crippen LogP contribution in [0, 0.1) is 6.92 Å². The van der Waals surface area contributed by atoms with Crippen molar-refractivity contribution in [3.63, 3.8) is 0 Å². The molecule has 4 rings (SSSR count). The molecule has 3 aromatic heterocycles. The molecule has 0 saturated carbocycles. The molecule has 3 heteroatoms. The number of rotatable bonds is 1. The molecule has 0 radical (unpaired) electrons. The van der Waals surface area contributed by atoms with Crippen molar-refractivity contribution in [3.8, 4) is 10.6 Å². The van der Waals surface area contributed by atoms with Gasteiger partial charge in [0.1, 0.15) is 5.65 Å². The first-order chi connectivity index (χ1) is 9.29. The van der Waals surface area contributed by atoms with E-state index in [1.807, 2.05) is 0 Å². The Bertz CT molecular complexity index is 853. The van der Waals surface area contributed by atoms with Crippen LogP contribution in [0.2, 0.25) is 0 Å². The lowest BCUT2D eigenvalue weighted by molar-refractivity contribution is 1.17.